The first kappa shape index (κ1) is 5.60. The van der Waals surface area contributed by atoms with Crippen molar-refractivity contribution >= 4 is 11.8 Å². The zero-order chi connectivity index (χ0) is 6.10. The van der Waals surface area contributed by atoms with Gasteiger partial charge in [0.2, 0.25) is 0 Å². The van der Waals surface area contributed by atoms with E-state index in [0.717, 1.165) is 0 Å². The average Bonchev–Trinajstić information content (AvgIpc) is 2.33. The van der Waals surface area contributed by atoms with Crippen molar-refractivity contribution in [2.45, 2.75) is 5.25 Å². The first-order chi connectivity index (χ1) is 4.47. The molecule has 0 bridgehead atoms. The third-order valence-electron chi connectivity index (χ3n) is 1.50. The summed E-state index contributed by atoms with van der Waals surface area (Å²) >= 11 is 1.73. The molecule has 2 atom stereocenters. The van der Waals surface area contributed by atoms with Crippen LogP contribution in [0.1, 0.15) is 0 Å². The lowest BCUT2D eigenvalue weighted by molar-refractivity contribution is 0.817. The summed E-state index contributed by atoms with van der Waals surface area (Å²) in [5.74, 6) is 3.53. The predicted octanol–water partition coefficient (Wildman–Crippen LogP) is 1.96. The number of allylic oxidation sites excluding steroid dienone is 3. The monoisotopic (exact) mass is 134 g/mol. The maximum absolute atomic E-state index is 3.13. The molecule has 1 fully saturated rings. The molecular weight excluding hydrogens is 128 g/mol. The van der Waals surface area contributed by atoms with Gasteiger partial charge < -0.3 is 0 Å². The second kappa shape index (κ2) is 2.22. The highest BCUT2D eigenvalue weighted by molar-refractivity contribution is 8.02. The van der Waals surface area contributed by atoms with Gasteiger partial charge in [-0.05, 0) is 0 Å². The molecule has 0 N–H and O–H groups in total. The van der Waals surface area contributed by atoms with E-state index in [1.165, 1.54) is 0 Å². The molecule has 0 amide bonds. The van der Waals surface area contributed by atoms with Gasteiger partial charge in [0.15, 0.2) is 0 Å². The van der Waals surface area contributed by atoms with Crippen molar-refractivity contribution in [1.82, 2.24) is 0 Å². The number of hydrogen-bond donors (Lipinski definition) is 0. The van der Waals surface area contributed by atoms with Crippen molar-refractivity contribution < 1.29 is 0 Å². The summed E-state index contributed by atoms with van der Waals surface area (Å²) in [7, 11) is 0. The fraction of sp³-hybridized carbons (Fsp3) is 0.250. The van der Waals surface area contributed by atoms with Crippen LogP contribution in [0.25, 0.3) is 0 Å². The molecule has 1 heterocycles. The highest BCUT2D eigenvalue weighted by atomic mass is 32.2. The van der Waals surface area contributed by atoms with Crippen LogP contribution in [0.2, 0.25) is 0 Å². The van der Waals surface area contributed by atoms with E-state index >= 15 is 0 Å². The maximum atomic E-state index is 3.13. The molecule has 0 nitrogen and oxygen atoms in total. The van der Waals surface area contributed by atoms with Gasteiger partial charge in [-0.1, -0.05) is 24.3 Å². The SMILES string of the molecule is [C]1[C]C2C=CC=CC2S1. The molecule has 0 aromatic carbocycles. The van der Waals surface area contributed by atoms with Crippen LogP contribution in [0.15, 0.2) is 24.3 Å². The summed E-state index contributed by atoms with van der Waals surface area (Å²) < 4.78 is 0. The molecule has 1 aliphatic heterocycles. The van der Waals surface area contributed by atoms with Crippen LogP contribution in [0.3, 0.4) is 0 Å². The fourth-order valence-corrected chi connectivity index (χ4v) is 1.81. The van der Waals surface area contributed by atoms with Gasteiger partial charge in [0.05, 0.1) is 5.75 Å². The Labute approximate surface area is 60.0 Å². The number of fused-ring (bicyclic) bond motifs is 1. The first-order valence-electron chi connectivity index (χ1n) is 2.98. The van der Waals surface area contributed by atoms with Crippen LogP contribution >= 0.6 is 11.8 Å². The van der Waals surface area contributed by atoms with Gasteiger partial charge >= 0.3 is 0 Å². The maximum Gasteiger partial charge on any atom is 0.0575 e. The standard InChI is InChI=1S/C8H6S/c1-2-4-8-7(3-1)5-6-9-8/h1-4,7-8H. The van der Waals surface area contributed by atoms with Gasteiger partial charge in [-0.2, -0.15) is 0 Å². The van der Waals surface area contributed by atoms with E-state index in [1.54, 1.807) is 11.8 Å². The van der Waals surface area contributed by atoms with E-state index in [4.69, 9.17) is 0 Å². The normalized spacial score (nSPS) is 39.1. The Kier molecular flexibility index (Phi) is 1.38. The summed E-state index contributed by atoms with van der Waals surface area (Å²) in [6.45, 7) is 0. The van der Waals surface area contributed by atoms with Gasteiger partial charge in [0.1, 0.15) is 0 Å². The lowest BCUT2D eigenvalue weighted by Gasteiger charge is -2.11. The molecule has 0 spiro atoms. The van der Waals surface area contributed by atoms with Crippen molar-refractivity contribution in [3.8, 4) is 0 Å². The topological polar surface area (TPSA) is 0 Å². The van der Waals surface area contributed by atoms with Gasteiger partial charge in [-0.3, -0.25) is 0 Å². The molecule has 2 unspecified atom stereocenters. The number of thioether (sulfide) groups is 1. The van der Waals surface area contributed by atoms with E-state index in [1.807, 2.05) is 0 Å². The largest absolute Gasteiger partial charge is 0.143 e. The molecule has 0 aromatic rings. The van der Waals surface area contributed by atoms with Gasteiger partial charge in [0, 0.05) is 17.6 Å². The van der Waals surface area contributed by atoms with E-state index in [9.17, 15) is 0 Å². The molecule has 1 heteroatoms. The first-order valence-corrected chi connectivity index (χ1v) is 3.86. The van der Waals surface area contributed by atoms with Gasteiger partial charge in [-0.25, -0.2) is 0 Å². The third kappa shape index (κ3) is 0.940. The van der Waals surface area contributed by atoms with Crippen LogP contribution in [0.5, 0.6) is 0 Å². The quantitative estimate of drug-likeness (QED) is 0.488. The highest BCUT2D eigenvalue weighted by Crippen LogP contribution is 2.37. The molecule has 1 aliphatic carbocycles. The van der Waals surface area contributed by atoms with Gasteiger partial charge in [0.25, 0.3) is 0 Å². The molecular formula is C8H6S. The summed E-state index contributed by atoms with van der Waals surface area (Å²) in [4.78, 5) is 0. The minimum Gasteiger partial charge on any atom is -0.143 e. The molecule has 2 rings (SSSR count). The zero-order valence-electron chi connectivity index (χ0n) is 4.87. The Balaban J connectivity index is 2.18. The Morgan fingerprint density at radius 3 is 3.00 bits per heavy atom. The molecule has 1 saturated heterocycles. The minimum atomic E-state index is 0.500. The van der Waals surface area contributed by atoms with Crippen molar-refractivity contribution in [2.24, 2.45) is 5.92 Å². The third-order valence-corrected chi connectivity index (χ3v) is 2.46. The van der Waals surface area contributed by atoms with Crippen LogP contribution in [0, 0.1) is 18.1 Å². The molecule has 0 aromatic heterocycles. The van der Waals surface area contributed by atoms with Crippen molar-refractivity contribution in [1.29, 1.82) is 0 Å². The second-order valence-corrected chi connectivity index (χ2v) is 3.11. The van der Waals surface area contributed by atoms with Crippen LogP contribution in [-0.4, -0.2) is 5.25 Å². The zero-order valence-corrected chi connectivity index (χ0v) is 5.69. The summed E-state index contributed by atoms with van der Waals surface area (Å²) in [6.07, 6.45) is 11.7. The molecule has 2 aliphatic rings. The Bertz CT molecular complexity index is 140. The van der Waals surface area contributed by atoms with E-state index < -0.39 is 0 Å². The van der Waals surface area contributed by atoms with E-state index in [2.05, 4.69) is 36.5 Å². The highest BCUT2D eigenvalue weighted by Gasteiger charge is 2.25. The Morgan fingerprint density at radius 1 is 1.22 bits per heavy atom. The van der Waals surface area contributed by atoms with Gasteiger partial charge in [-0.15, -0.1) is 11.8 Å². The van der Waals surface area contributed by atoms with Crippen molar-refractivity contribution in [3.05, 3.63) is 36.5 Å². The Hall–Kier alpha value is -0.170. The van der Waals surface area contributed by atoms with Crippen LogP contribution < -0.4 is 0 Å². The molecule has 9 heavy (non-hydrogen) atoms. The van der Waals surface area contributed by atoms with E-state index in [-0.39, 0.29) is 0 Å². The Morgan fingerprint density at radius 2 is 2.11 bits per heavy atom. The fourth-order valence-electron chi connectivity index (χ4n) is 1.000. The van der Waals surface area contributed by atoms with E-state index in [0.29, 0.717) is 11.2 Å². The molecule has 4 radical (unpaired) electrons. The van der Waals surface area contributed by atoms with Crippen molar-refractivity contribution in [2.75, 3.05) is 0 Å². The lowest BCUT2D eigenvalue weighted by atomic mass is 9.98. The molecule has 0 saturated carbocycles. The average molecular weight is 134 g/mol. The lowest BCUT2D eigenvalue weighted by Crippen LogP contribution is -2.07. The summed E-state index contributed by atoms with van der Waals surface area (Å²) in [6, 6.07) is 0. The molecule has 44 valence electrons. The predicted molar refractivity (Wildman–Crippen MR) is 39.6 cm³/mol. The summed E-state index contributed by atoms with van der Waals surface area (Å²) in [5, 5.41) is 0.593. The smallest absolute Gasteiger partial charge is 0.0575 e. The minimum absolute atomic E-state index is 0.500. The second-order valence-electron chi connectivity index (χ2n) is 2.12. The number of hydrogen-bond acceptors (Lipinski definition) is 1. The van der Waals surface area contributed by atoms with Crippen molar-refractivity contribution in [3.63, 3.8) is 0 Å². The van der Waals surface area contributed by atoms with Crippen LogP contribution in [-0.2, 0) is 0 Å². The summed E-state index contributed by atoms with van der Waals surface area (Å²) in [5.41, 5.74) is 0. The van der Waals surface area contributed by atoms with Crippen LogP contribution in [0.4, 0.5) is 0 Å². The number of rotatable bonds is 0.